The van der Waals surface area contributed by atoms with Gasteiger partial charge in [-0.15, -0.1) is 0 Å². The van der Waals surface area contributed by atoms with Gasteiger partial charge >= 0.3 is 0 Å². The van der Waals surface area contributed by atoms with Crippen molar-refractivity contribution in [2.75, 3.05) is 39.3 Å². The Morgan fingerprint density at radius 1 is 1.07 bits per heavy atom. The lowest BCUT2D eigenvalue weighted by Gasteiger charge is -2.19. The van der Waals surface area contributed by atoms with Crippen LogP contribution in [0.15, 0.2) is 35.2 Å². The van der Waals surface area contributed by atoms with Crippen LogP contribution < -0.4 is 10.2 Å². The van der Waals surface area contributed by atoms with Gasteiger partial charge in [0.2, 0.25) is 15.9 Å². The summed E-state index contributed by atoms with van der Waals surface area (Å²) in [7, 11) is -3.43. The smallest absolute Gasteiger partial charge is 0.244 e. The van der Waals surface area contributed by atoms with E-state index in [1.165, 1.54) is 11.0 Å². The number of hydrogen-bond donors (Lipinski definition) is 2. The second-order valence-electron chi connectivity index (χ2n) is 7.57. The number of benzene rings is 1. The van der Waals surface area contributed by atoms with E-state index in [1.807, 2.05) is 0 Å². The normalized spacial score (nSPS) is 16.2. The highest BCUT2D eigenvalue weighted by Crippen LogP contribution is 2.20. The largest absolute Gasteiger partial charge is 0.352 e. The third kappa shape index (κ3) is 7.57. The average Bonchev–Trinajstić information content (AvgIpc) is 3.03. The van der Waals surface area contributed by atoms with E-state index < -0.39 is 10.0 Å². The van der Waals surface area contributed by atoms with Crippen LogP contribution in [0.1, 0.15) is 51.5 Å². The van der Waals surface area contributed by atoms with Crippen LogP contribution in [-0.4, -0.2) is 57.9 Å². The first-order chi connectivity index (χ1) is 14.0. The van der Waals surface area contributed by atoms with E-state index in [1.54, 1.807) is 34.6 Å². The highest BCUT2D eigenvalue weighted by Gasteiger charge is 2.24. The number of rotatable bonds is 10. The maximum absolute atomic E-state index is 12.8. The zero-order valence-electron chi connectivity index (χ0n) is 17.8. The molecule has 0 aromatic heterocycles. The van der Waals surface area contributed by atoms with E-state index in [2.05, 4.69) is 19.2 Å². The molecule has 0 radical (unpaired) electrons. The Morgan fingerprint density at radius 2 is 1.69 bits per heavy atom. The second kappa shape index (κ2) is 12.1. The molecule has 1 amide bonds. The molecule has 29 heavy (non-hydrogen) atoms. The molecule has 162 valence electrons. The predicted octanol–water partition coefficient (Wildman–Crippen LogP) is 1.70. The van der Waals surface area contributed by atoms with Crippen LogP contribution in [0, 0.1) is 0 Å². The summed E-state index contributed by atoms with van der Waals surface area (Å²) in [6.07, 6.45) is 8.20. The van der Waals surface area contributed by atoms with Crippen LogP contribution >= 0.6 is 0 Å². The molecular weight excluding hydrogens is 386 g/mol. The molecule has 1 aliphatic heterocycles. The lowest BCUT2D eigenvalue weighted by molar-refractivity contribution is -0.896. The number of hydrogen-bond acceptors (Lipinski definition) is 3. The standard InChI is InChI=1S/C22H35N3O3S/c1-3-24(4-2)17-9-16-23-22(26)15-12-20-10-13-21(14-11-20)29(27,28)25-18-7-5-6-8-19-25/h10-15H,3-9,16-19H2,1-2H3,(H,23,26)/p+1/b15-12+. The number of nitrogens with zero attached hydrogens (tertiary/aromatic N) is 1. The SMILES string of the molecule is CC[NH+](CC)CCCNC(=O)/C=C/c1ccc(S(=O)(=O)N2CCCCCC2)cc1. The van der Waals surface area contributed by atoms with Gasteiger partial charge in [0.1, 0.15) is 0 Å². The minimum absolute atomic E-state index is 0.124. The van der Waals surface area contributed by atoms with Gasteiger partial charge in [0.15, 0.2) is 0 Å². The van der Waals surface area contributed by atoms with Crippen molar-refractivity contribution in [1.29, 1.82) is 0 Å². The van der Waals surface area contributed by atoms with Crippen molar-refractivity contribution in [3.8, 4) is 0 Å². The summed E-state index contributed by atoms with van der Waals surface area (Å²) in [5.74, 6) is -0.124. The Kier molecular flexibility index (Phi) is 9.84. The fourth-order valence-electron chi connectivity index (χ4n) is 3.57. The summed E-state index contributed by atoms with van der Waals surface area (Å²) in [6.45, 7) is 9.47. The van der Waals surface area contributed by atoms with Crippen LogP contribution in [0.25, 0.3) is 6.08 Å². The van der Waals surface area contributed by atoms with E-state index >= 15 is 0 Å². The predicted molar refractivity (Wildman–Crippen MR) is 117 cm³/mol. The van der Waals surface area contributed by atoms with Gasteiger partial charge in [-0.25, -0.2) is 8.42 Å². The molecule has 0 aliphatic carbocycles. The van der Waals surface area contributed by atoms with Gasteiger partial charge in [-0.2, -0.15) is 4.31 Å². The zero-order valence-corrected chi connectivity index (χ0v) is 18.6. The zero-order chi connectivity index (χ0) is 21.1. The summed E-state index contributed by atoms with van der Waals surface area (Å²) in [5.41, 5.74) is 0.808. The van der Waals surface area contributed by atoms with Crippen LogP contribution in [0.4, 0.5) is 0 Å². The molecule has 1 fully saturated rings. The quantitative estimate of drug-likeness (QED) is 0.445. The van der Waals surface area contributed by atoms with E-state index in [0.717, 1.165) is 57.3 Å². The molecule has 0 unspecified atom stereocenters. The van der Waals surface area contributed by atoms with Crippen molar-refractivity contribution in [2.24, 2.45) is 0 Å². The molecule has 0 spiro atoms. The Morgan fingerprint density at radius 3 is 2.28 bits per heavy atom. The van der Waals surface area contributed by atoms with Crippen LogP contribution in [0.5, 0.6) is 0 Å². The Bertz CT molecular complexity index is 748. The van der Waals surface area contributed by atoms with Crippen molar-refractivity contribution in [3.05, 3.63) is 35.9 Å². The number of amides is 1. The summed E-state index contributed by atoms with van der Waals surface area (Å²) in [5, 5.41) is 2.90. The Labute approximate surface area is 176 Å². The summed E-state index contributed by atoms with van der Waals surface area (Å²) in [4.78, 5) is 13.8. The van der Waals surface area contributed by atoms with Gasteiger partial charge < -0.3 is 10.2 Å². The minimum Gasteiger partial charge on any atom is -0.352 e. The molecule has 0 atom stereocenters. The maximum atomic E-state index is 12.8. The van der Waals surface area contributed by atoms with Crippen molar-refractivity contribution < 1.29 is 18.1 Å². The third-order valence-corrected chi connectivity index (χ3v) is 7.43. The first-order valence-electron chi connectivity index (χ1n) is 10.9. The van der Waals surface area contributed by atoms with Crippen LogP contribution in [0.2, 0.25) is 0 Å². The molecule has 1 saturated heterocycles. The van der Waals surface area contributed by atoms with Crippen molar-refractivity contribution in [1.82, 2.24) is 9.62 Å². The van der Waals surface area contributed by atoms with Gasteiger partial charge in [0.25, 0.3) is 0 Å². The van der Waals surface area contributed by atoms with E-state index in [9.17, 15) is 13.2 Å². The van der Waals surface area contributed by atoms with E-state index in [0.29, 0.717) is 24.5 Å². The fraction of sp³-hybridized carbons (Fsp3) is 0.591. The molecule has 0 bridgehead atoms. The first-order valence-corrected chi connectivity index (χ1v) is 12.3. The number of nitrogens with one attached hydrogen (secondary N) is 2. The Hall–Kier alpha value is -1.70. The molecule has 6 nitrogen and oxygen atoms in total. The monoisotopic (exact) mass is 422 g/mol. The van der Waals surface area contributed by atoms with E-state index in [-0.39, 0.29) is 5.91 Å². The molecule has 1 aliphatic rings. The van der Waals surface area contributed by atoms with Gasteiger partial charge in [-0.05, 0) is 50.5 Å². The molecule has 1 aromatic rings. The van der Waals surface area contributed by atoms with Crippen LogP contribution in [-0.2, 0) is 14.8 Å². The molecule has 0 saturated carbocycles. The third-order valence-electron chi connectivity index (χ3n) is 5.52. The molecule has 2 rings (SSSR count). The molecule has 7 heteroatoms. The molecule has 2 N–H and O–H groups in total. The Balaban J connectivity index is 1.85. The summed E-state index contributed by atoms with van der Waals surface area (Å²) >= 11 is 0. The lowest BCUT2D eigenvalue weighted by atomic mass is 10.2. The second-order valence-corrected chi connectivity index (χ2v) is 9.51. The fourth-order valence-corrected chi connectivity index (χ4v) is 5.08. The van der Waals surface area contributed by atoms with Gasteiger partial charge in [0.05, 0.1) is 24.5 Å². The summed E-state index contributed by atoms with van der Waals surface area (Å²) < 4.78 is 27.2. The minimum atomic E-state index is -3.43. The van der Waals surface area contributed by atoms with Gasteiger partial charge in [-0.3, -0.25) is 4.79 Å². The van der Waals surface area contributed by atoms with Gasteiger partial charge in [0, 0.05) is 32.1 Å². The number of quaternary nitrogens is 1. The number of sulfonamides is 1. The maximum Gasteiger partial charge on any atom is 0.244 e. The highest BCUT2D eigenvalue weighted by molar-refractivity contribution is 7.89. The van der Waals surface area contributed by atoms with Crippen molar-refractivity contribution in [3.63, 3.8) is 0 Å². The topological polar surface area (TPSA) is 70.9 Å². The van der Waals surface area contributed by atoms with Crippen LogP contribution in [0.3, 0.4) is 0 Å². The summed E-state index contributed by atoms with van der Waals surface area (Å²) in [6, 6.07) is 6.76. The van der Waals surface area contributed by atoms with Crippen molar-refractivity contribution in [2.45, 2.75) is 50.8 Å². The first kappa shape index (κ1) is 23.6. The molecule has 1 heterocycles. The van der Waals surface area contributed by atoms with Gasteiger partial charge in [-0.1, -0.05) is 25.0 Å². The van der Waals surface area contributed by atoms with Crippen molar-refractivity contribution >= 4 is 22.0 Å². The average molecular weight is 423 g/mol. The number of carbonyl (C=O) groups excluding carboxylic acids is 1. The van der Waals surface area contributed by atoms with E-state index in [4.69, 9.17) is 0 Å². The molecule has 1 aromatic carbocycles. The highest BCUT2D eigenvalue weighted by atomic mass is 32.2. The lowest BCUT2D eigenvalue weighted by Crippen LogP contribution is -3.11. The molecular formula is C22H36N3O3S+. The number of carbonyl (C=O) groups is 1.